The summed E-state index contributed by atoms with van der Waals surface area (Å²) in [4.78, 5) is 0. The van der Waals surface area contributed by atoms with Crippen LogP contribution in [0.5, 0.6) is 5.75 Å². The lowest BCUT2D eigenvalue weighted by Gasteiger charge is -2.23. The van der Waals surface area contributed by atoms with Crippen LogP contribution in [0.15, 0.2) is 42.5 Å². The molecule has 2 nitrogen and oxygen atoms in total. The second-order valence-corrected chi connectivity index (χ2v) is 5.35. The first-order chi connectivity index (χ1) is 10.0. The maximum absolute atomic E-state index is 13.1. The Balaban J connectivity index is 2.09. The lowest BCUT2D eigenvalue weighted by atomic mass is 10.0. The Hall–Kier alpha value is -1.87. The van der Waals surface area contributed by atoms with Gasteiger partial charge in [0.25, 0.3) is 0 Å². The normalized spacial score (nSPS) is 13.8. The van der Waals surface area contributed by atoms with Gasteiger partial charge in [-0.05, 0) is 55.2 Å². The number of rotatable bonds is 5. The molecule has 2 rings (SSSR count). The Morgan fingerprint density at radius 2 is 1.81 bits per heavy atom. The summed E-state index contributed by atoms with van der Waals surface area (Å²) in [6.07, 6.45) is 0.817. The van der Waals surface area contributed by atoms with Crippen molar-refractivity contribution < 1.29 is 9.13 Å². The Morgan fingerprint density at radius 3 is 2.38 bits per heavy atom. The minimum Gasteiger partial charge on any atom is -0.488 e. The summed E-state index contributed by atoms with van der Waals surface area (Å²) in [5.74, 6) is 0.413. The molecule has 2 unspecified atom stereocenters. The molecule has 0 aromatic heterocycles. The molecule has 0 bridgehead atoms. The Labute approximate surface area is 125 Å². The van der Waals surface area contributed by atoms with Gasteiger partial charge >= 0.3 is 0 Å². The van der Waals surface area contributed by atoms with Gasteiger partial charge in [0, 0.05) is 0 Å². The van der Waals surface area contributed by atoms with Crippen molar-refractivity contribution >= 4 is 0 Å². The van der Waals surface area contributed by atoms with Gasteiger partial charge in [-0.15, -0.1) is 0 Å². The van der Waals surface area contributed by atoms with E-state index < -0.39 is 0 Å². The zero-order chi connectivity index (χ0) is 15.4. The zero-order valence-corrected chi connectivity index (χ0v) is 12.8. The third-order valence-corrected chi connectivity index (χ3v) is 3.73. The summed E-state index contributed by atoms with van der Waals surface area (Å²) in [6.45, 7) is 5.88. The van der Waals surface area contributed by atoms with Crippen LogP contribution in [0.1, 0.15) is 36.6 Å². The summed E-state index contributed by atoms with van der Waals surface area (Å²) in [7, 11) is 0. The van der Waals surface area contributed by atoms with Crippen molar-refractivity contribution in [1.29, 1.82) is 0 Å². The molecule has 0 aliphatic carbocycles. The minimum absolute atomic E-state index is 0.193. The van der Waals surface area contributed by atoms with Crippen molar-refractivity contribution in [3.63, 3.8) is 0 Å². The standard InChI is InChI=1S/C18H22FNO/c1-4-14-5-7-15(8-6-14)18(20)13(3)21-17-10-9-16(19)11-12(17)2/h5-11,13,18H,4,20H2,1-3H3. The summed E-state index contributed by atoms with van der Waals surface area (Å²) in [5.41, 5.74) is 9.36. The second kappa shape index (κ2) is 6.72. The van der Waals surface area contributed by atoms with E-state index in [0.29, 0.717) is 5.75 Å². The van der Waals surface area contributed by atoms with Crippen molar-refractivity contribution in [2.24, 2.45) is 5.73 Å². The molecule has 2 N–H and O–H groups in total. The average molecular weight is 287 g/mol. The first-order valence-corrected chi connectivity index (χ1v) is 7.28. The van der Waals surface area contributed by atoms with E-state index in [9.17, 15) is 4.39 Å². The van der Waals surface area contributed by atoms with Gasteiger partial charge in [-0.3, -0.25) is 0 Å². The van der Waals surface area contributed by atoms with E-state index in [1.54, 1.807) is 6.07 Å². The summed E-state index contributed by atoms with van der Waals surface area (Å²) in [5, 5.41) is 0. The predicted octanol–water partition coefficient (Wildman–Crippen LogP) is 4.16. The molecule has 112 valence electrons. The molecular formula is C18H22FNO. The minimum atomic E-state index is -0.257. The van der Waals surface area contributed by atoms with Crippen LogP contribution in [-0.4, -0.2) is 6.10 Å². The molecule has 0 amide bonds. The first kappa shape index (κ1) is 15.5. The lowest BCUT2D eigenvalue weighted by Crippen LogP contribution is -2.29. The number of aryl methyl sites for hydroxylation is 2. The van der Waals surface area contributed by atoms with Crippen molar-refractivity contribution in [1.82, 2.24) is 0 Å². The fourth-order valence-electron chi connectivity index (χ4n) is 2.27. The van der Waals surface area contributed by atoms with E-state index in [2.05, 4.69) is 19.1 Å². The van der Waals surface area contributed by atoms with Gasteiger partial charge in [0.1, 0.15) is 17.7 Å². The molecule has 2 atom stereocenters. The second-order valence-electron chi connectivity index (χ2n) is 5.35. The maximum Gasteiger partial charge on any atom is 0.123 e. The highest BCUT2D eigenvalue weighted by atomic mass is 19.1. The summed E-state index contributed by atoms with van der Waals surface area (Å²) in [6, 6.07) is 12.5. The zero-order valence-electron chi connectivity index (χ0n) is 12.8. The largest absolute Gasteiger partial charge is 0.488 e. The van der Waals surface area contributed by atoms with Crippen LogP contribution in [0.3, 0.4) is 0 Å². The Kier molecular flexibility index (Phi) is 4.97. The molecule has 0 aliphatic heterocycles. The Morgan fingerprint density at radius 1 is 1.14 bits per heavy atom. The van der Waals surface area contributed by atoms with Gasteiger partial charge in [0.15, 0.2) is 0 Å². The van der Waals surface area contributed by atoms with Gasteiger partial charge in [0.2, 0.25) is 0 Å². The molecular weight excluding hydrogens is 265 g/mol. The fraction of sp³-hybridized carbons (Fsp3) is 0.333. The van der Waals surface area contributed by atoms with E-state index in [1.807, 2.05) is 26.0 Å². The van der Waals surface area contributed by atoms with Crippen LogP contribution in [-0.2, 0) is 6.42 Å². The van der Waals surface area contributed by atoms with Crippen LogP contribution in [0.25, 0.3) is 0 Å². The molecule has 2 aromatic carbocycles. The van der Waals surface area contributed by atoms with E-state index >= 15 is 0 Å². The molecule has 0 saturated carbocycles. The summed E-state index contributed by atoms with van der Waals surface area (Å²) >= 11 is 0. The van der Waals surface area contributed by atoms with Crippen LogP contribution in [0.2, 0.25) is 0 Å². The van der Waals surface area contributed by atoms with Gasteiger partial charge in [0.05, 0.1) is 6.04 Å². The lowest BCUT2D eigenvalue weighted by molar-refractivity contribution is 0.189. The van der Waals surface area contributed by atoms with Gasteiger partial charge in [-0.25, -0.2) is 4.39 Å². The van der Waals surface area contributed by atoms with E-state index in [0.717, 1.165) is 17.5 Å². The number of nitrogens with two attached hydrogens (primary N) is 1. The van der Waals surface area contributed by atoms with Crippen molar-refractivity contribution in [2.75, 3.05) is 0 Å². The highest BCUT2D eigenvalue weighted by Crippen LogP contribution is 2.24. The van der Waals surface area contributed by atoms with Crippen molar-refractivity contribution in [2.45, 2.75) is 39.3 Å². The SMILES string of the molecule is CCc1ccc(C(N)C(C)Oc2ccc(F)cc2C)cc1. The molecule has 21 heavy (non-hydrogen) atoms. The molecule has 2 aromatic rings. The summed E-state index contributed by atoms with van der Waals surface area (Å²) < 4.78 is 19.0. The third kappa shape index (κ3) is 3.82. The van der Waals surface area contributed by atoms with Gasteiger partial charge in [-0.2, -0.15) is 0 Å². The van der Waals surface area contributed by atoms with Gasteiger partial charge < -0.3 is 10.5 Å². The van der Waals surface area contributed by atoms with Crippen LogP contribution < -0.4 is 10.5 Å². The molecule has 0 aliphatic rings. The molecule has 0 fully saturated rings. The monoisotopic (exact) mass is 287 g/mol. The highest BCUT2D eigenvalue weighted by Gasteiger charge is 2.17. The number of halogens is 1. The average Bonchev–Trinajstić information content (AvgIpc) is 2.49. The predicted molar refractivity (Wildman–Crippen MR) is 84.0 cm³/mol. The fourth-order valence-corrected chi connectivity index (χ4v) is 2.27. The number of hydrogen-bond donors (Lipinski definition) is 1. The van der Waals surface area contributed by atoms with Crippen LogP contribution >= 0.6 is 0 Å². The molecule has 0 radical (unpaired) electrons. The van der Waals surface area contributed by atoms with Crippen LogP contribution in [0, 0.1) is 12.7 Å². The molecule has 0 spiro atoms. The highest BCUT2D eigenvalue weighted by molar-refractivity contribution is 5.33. The Bertz CT molecular complexity index is 595. The first-order valence-electron chi connectivity index (χ1n) is 7.28. The maximum atomic E-state index is 13.1. The van der Waals surface area contributed by atoms with Gasteiger partial charge in [-0.1, -0.05) is 31.2 Å². The van der Waals surface area contributed by atoms with E-state index in [-0.39, 0.29) is 18.0 Å². The topological polar surface area (TPSA) is 35.2 Å². The molecule has 0 saturated heterocycles. The van der Waals surface area contributed by atoms with Crippen molar-refractivity contribution in [3.05, 3.63) is 65.0 Å². The number of hydrogen-bond acceptors (Lipinski definition) is 2. The van der Waals surface area contributed by atoms with E-state index in [1.165, 1.54) is 17.7 Å². The van der Waals surface area contributed by atoms with Crippen molar-refractivity contribution in [3.8, 4) is 5.75 Å². The molecule has 0 heterocycles. The smallest absolute Gasteiger partial charge is 0.123 e. The third-order valence-electron chi connectivity index (χ3n) is 3.73. The quantitative estimate of drug-likeness (QED) is 0.896. The number of ether oxygens (including phenoxy) is 1. The van der Waals surface area contributed by atoms with Crippen LogP contribution in [0.4, 0.5) is 4.39 Å². The van der Waals surface area contributed by atoms with E-state index in [4.69, 9.17) is 10.5 Å². The molecule has 3 heteroatoms. The number of benzene rings is 2.